The van der Waals surface area contributed by atoms with Crippen molar-refractivity contribution < 1.29 is 8.42 Å². The smallest absolute Gasteiger partial charge is 0.279 e. The number of nitrogens with one attached hydrogen (secondary N) is 1. The molecule has 0 fully saturated rings. The van der Waals surface area contributed by atoms with E-state index in [0.29, 0.717) is 6.54 Å². The minimum Gasteiger partial charge on any atom is -0.306 e. The molecule has 0 radical (unpaired) electrons. The minimum atomic E-state index is -3.47. The molecule has 126 valence electrons. The number of rotatable bonds is 8. The van der Waals surface area contributed by atoms with Gasteiger partial charge in [-0.1, -0.05) is 25.5 Å². The van der Waals surface area contributed by atoms with E-state index in [4.69, 9.17) is 0 Å². The van der Waals surface area contributed by atoms with Gasteiger partial charge in [-0.3, -0.25) is 0 Å². The Hall–Kier alpha value is -1.70. The Kier molecular flexibility index (Phi) is 5.92. The summed E-state index contributed by atoms with van der Waals surface area (Å²) >= 11 is 0. The first kappa shape index (κ1) is 17.7. The van der Waals surface area contributed by atoms with E-state index in [1.807, 2.05) is 48.9 Å². The van der Waals surface area contributed by atoms with Gasteiger partial charge in [0.1, 0.15) is 0 Å². The Morgan fingerprint density at radius 3 is 2.57 bits per heavy atom. The third-order valence-electron chi connectivity index (χ3n) is 3.76. The molecule has 1 heterocycles. The zero-order valence-electron chi connectivity index (χ0n) is 13.8. The van der Waals surface area contributed by atoms with Crippen molar-refractivity contribution in [2.24, 2.45) is 0 Å². The molecule has 1 unspecified atom stereocenters. The van der Waals surface area contributed by atoms with E-state index in [9.17, 15) is 8.42 Å². The number of hydrogen-bond acceptors (Lipinski definition) is 3. The van der Waals surface area contributed by atoms with E-state index >= 15 is 0 Å². The van der Waals surface area contributed by atoms with E-state index in [1.165, 1.54) is 4.31 Å². The summed E-state index contributed by atoms with van der Waals surface area (Å²) < 4.78 is 30.5. The predicted molar refractivity (Wildman–Crippen MR) is 91.6 cm³/mol. The summed E-state index contributed by atoms with van der Waals surface area (Å²) in [6.45, 7) is 4.41. The summed E-state index contributed by atoms with van der Waals surface area (Å²) in [5.41, 5.74) is 1.91. The van der Waals surface area contributed by atoms with E-state index in [2.05, 4.69) is 9.71 Å². The fraction of sp³-hybridized carbons (Fsp3) is 0.438. The molecule has 2 rings (SSSR count). The molecule has 0 aliphatic carbocycles. The van der Waals surface area contributed by atoms with Crippen LogP contribution in [0.4, 0.5) is 0 Å². The molecule has 0 aliphatic heterocycles. The highest BCUT2D eigenvalue weighted by Crippen LogP contribution is 2.17. The Morgan fingerprint density at radius 1 is 1.30 bits per heavy atom. The average molecular weight is 336 g/mol. The number of aromatic nitrogens is 2. The van der Waals surface area contributed by atoms with Crippen LogP contribution in [0.1, 0.15) is 38.3 Å². The van der Waals surface area contributed by atoms with Crippen LogP contribution in [0.3, 0.4) is 0 Å². The molecule has 0 aliphatic rings. The highest BCUT2D eigenvalue weighted by atomic mass is 32.2. The van der Waals surface area contributed by atoms with Crippen molar-refractivity contribution in [3.8, 4) is 5.69 Å². The summed E-state index contributed by atoms with van der Waals surface area (Å²) in [6.07, 6.45) is 7.13. The minimum absolute atomic E-state index is 0.291. The fourth-order valence-corrected chi connectivity index (χ4v) is 3.36. The molecule has 7 heteroatoms. The largest absolute Gasteiger partial charge is 0.306 e. The first-order valence-electron chi connectivity index (χ1n) is 7.76. The molecule has 2 aromatic rings. The Balaban J connectivity index is 2.04. The van der Waals surface area contributed by atoms with Crippen molar-refractivity contribution in [2.75, 3.05) is 13.6 Å². The third-order valence-corrected chi connectivity index (χ3v) is 5.41. The molecular weight excluding hydrogens is 312 g/mol. The lowest BCUT2D eigenvalue weighted by Crippen LogP contribution is -2.39. The van der Waals surface area contributed by atoms with Crippen LogP contribution >= 0.6 is 0 Å². The van der Waals surface area contributed by atoms with E-state index < -0.39 is 10.2 Å². The molecular formula is C16H24N4O2S. The predicted octanol–water partition coefficient (Wildman–Crippen LogP) is 2.50. The lowest BCUT2D eigenvalue weighted by atomic mass is 10.1. The number of unbranched alkanes of at least 4 members (excludes halogenated alkanes) is 1. The molecule has 0 spiro atoms. The molecule has 1 aromatic carbocycles. The second-order valence-electron chi connectivity index (χ2n) is 5.58. The quantitative estimate of drug-likeness (QED) is 0.805. The van der Waals surface area contributed by atoms with Crippen molar-refractivity contribution in [1.82, 2.24) is 18.6 Å². The molecule has 0 amide bonds. The zero-order valence-corrected chi connectivity index (χ0v) is 14.6. The fourth-order valence-electron chi connectivity index (χ4n) is 2.23. The van der Waals surface area contributed by atoms with Gasteiger partial charge in [-0.2, -0.15) is 17.4 Å². The van der Waals surface area contributed by atoms with Crippen LogP contribution in [0.2, 0.25) is 0 Å². The maximum atomic E-state index is 12.3. The van der Waals surface area contributed by atoms with E-state index in [-0.39, 0.29) is 6.04 Å². The molecule has 0 saturated carbocycles. The van der Waals surface area contributed by atoms with Gasteiger partial charge in [-0.05, 0) is 31.0 Å². The van der Waals surface area contributed by atoms with Gasteiger partial charge < -0.3 is 4.57 Å². The Bertz CT molecular complexity index is 696. The molecule has 6 nitrogen and oxygen atoms in total. The van der Waals surface area contributed by atoms with Crippen molar-refractivity contribution >= 4 is 10.2 Å². The first-order valence-corrected chi connectivity index (χ1v) is 9.20. The number of imidazole rings is 1. The van der Waals surface area contributed by atoms with Crippen LogP contribution in [-0.2, 0) is 10.2 Å². The van der Waals surface area contributed by atoms with Gasteiger partial charge in [-0.15, -0.1) is 0 Å². The maximum Gasteiger partial charge on any atom is 0.279 e. The lowest BCUT2D eigenvalue weighted by Gasteiger charge is -2.21. The van der Waals surface area contributed by atoms with Crippen LogP contribution in [-0.4, -0.2) is 35.9 Å². The average Bonchev–Trinajstić information content (AvgIpc) is 3.06. The monoisotopic (exact) mass is 336 g/mol. The Labute approximate surface area is 138 Å². The standard InChI is InChI=1S/C16H24N4O2S/c1-4-5-11-19(3)23(21,22)18-14(2)15-6-8-16(9-7-15)20-12-10-17-13-20/h6-10,12-14,18H,4-5,11H2,1-3H3. The number of hydrogen-bond donors (Lipinski definition) is 1. The number of benzene rings is 1. The van der Waals surface area contributed by atoms with Crippen molar-refractivity contribution in [3.63, 3.8) is 0 Å². The number of nitrogens with zero attached hydrogens (tertiary/aromatic N) is 3. The van der Waals surface area contributed by atoms with Crippen LogP contribution in [0.25, 0.3) is 5.69 Å². The highest BCUT2D eigenvalue weighted by molar-refractivity contribution is 7.87. The van der Waals surface area contributed by atoms with Crippen molar-refractivity contribution in [3.05, 3.63) is 48.5 Å². The summed E-state index contributed by atoms with van der Waals surface area (Å²) in [4.78, 5) is 4.01. The lowest BCUT2D eigenvalue weighted by molar-refractivity contribution is 0.442. The second kappa shape index (κ2) is 7.72. The van der Waals surface area contributed by atoms with Crippen LogP contribution < -0.4 is 4.72 Å². The SMILES string of the molecule is CCCCN(C)S(=O)(=O)NC(C)c1ccc(-n2ccnc2)cc1. The van der Waals surface area contributed by atoms with E-state index in [1.54, 1.807) is 19.6 Å². The highest BCUT2D eigenvalue weighted by Gasteiger charge is 2.20. The van der Waals surface area contributed by atoms with Gasteiger partial charge in [0, 0.05) is 37.7 Å². The zero-order chi connectivity index (χ0) is 16.9. The van der Waals surface area contributed by atoms with Crippen molar-refractivity contribution in [2.45, 2.75) is 32.7 Å². The normalized spacial score (nSPS) is 13.4. The maximum absolute atomic E-state index is 12.3. The van der Waals surface area contributed by atoms with Crippen molar-refractivity contribution in [1.29, 1.82) is 0 Å². The summed E-state index contributed by atoms with van der Waals surface area (Å²) in [5, 5.41) is 0. The van der Waals surface area contributed by atoms with Crippen LogP contribution in [0.15, 0.2) is 43.0 Å². The molecule has 0 saturated heterocycles. The topological polar surface area (TPSA) is 67.2 Å². The molecule has 23 heavy (non-hydrogen) atoms. The molecule has 1 atom stereocenters. The summed E-state index contributed by atoms with van der Waals surface area (Å²) in [6, 6.07) is 7.45. The molecule has 1 aromatic heterocycles. The van der Waals surface area contributed by atoms with Gasteiger partial charge in [-0.25, -0.2) is 4.98 Å². The first-order chi connectivity index (χ1) is 10.9. The van der Waals surface area contributed by atoms with Crippen LogP contribution in [0, 0.1) is 0 Å². The van der Waals surface area contributed by atoms with Gasteiger partial charge in [0.05, 0.1) is 6.33 Å². The molecule has 0 bridgehead atoms. The van der Waals surface area contributed by atoms with Gasteiger partial charge in [0.25, 0.3) is 10.2 Å². The van der Waals surface area contributed by atoms with Gasteiger partial charge in [0.2, 0.25) is 0 Å². The molecule has 1 N–H and O–H groups in total. The second-order valence-corrected chi connectivity index (χ2v) is 7.39. The van der Waals surface area contributed by atoms with Gasteiger partial charge >= 0.3 is 0 Å². The summed E-state index contributed by atoms with van der Waals surface area (Å²) in [5.74, 6) is 0. The third kappa shape index (κ3) is 4.63. The van der Waals surface area contributed by atoms with E-state index in [0.717, 1.165) is 24.1 Å². The van der Waals surface area contributed by atoms with Crippen LogP contribution in [0.5, 0.6) is 0 Å². The Morgan fingerprint density at radius 2 is 2.00 bits per heavy atom. The van der Waals surface area contributed by atoms with Gasteiger partial charge in [0.15, 0.2) is 0 Å². The summed E-state index contributed by atoms with van der Waals surface area (Å²) in [7, 11) is -1.86.